The summed E-state index contributed by atoms with van der Waals surface area (Å²) in [5.74, 6) is 1.90. The number of nitrogens with zero attached hydrogens (tertiary/aromatic N) is 5. The second kappa shape index (κ2) is 6.64. The average Bonchev–Trinajstić information content (AvgIpc) is 3.33. The highest BCUT2D eigenvalue weighted by Crippen LogP contribution is 2.28. The Hall–Kier alpha value is -2.74. The fraction of sp³-hybridized carbons (Fsp3) is 0.294. The van der Waals surface area contributed by atoms with Crippen LogP contribution in [0.2, 0.25) is 0 Å². The van der Waals surface area contributed by atoms with Crippen LogP contribution in [0.4, 0.5) is 5.82 Å². The largest absolute Gasteiger partial charge is 0.421 e. The van der Waals surface area contributed by atoms with Crippen molar-refractivity contribution in [2.45, 2.75) is 6.92 Å². The van der Waals surface area contributed by atoms with E-state index in [0.29, 0.717) is 38.0 Å². The van der Waals surface area contributed by atoms with Crippen molar-refractivity contribution in [2.75, 3.05) is 31.1 Å². The molecule has 4 rings (SSSR count). The molecular formula is C17H17N5O2S. The summed E-state index contributed by atoms with van der Waals surface area (Å²) in [5, 5.41) is 11.8. The number of hydrogen-bond acceptors (Lipinski definition) is 7. The number of aromatic nitrogens is 3. The third-order valence-corrected chi connectivity index (χ3v) is 4.86. The van der Waals surface area contributed by atoms with Gasteiger partial charge in [-0.1, -0.05) is 0 Å². The number of rotatable bonds is 3. The molecule has 1 aliphatic heterocycles. The summed E-state index contributed by atoms with van der Waals surface area (Å²) in [4.78, 5) is 21.0. The van der Waals surface area contributed by atoms with Gasteiger partial charge in [-0.05, 0) is 23.6 Å². The monoisotopic (exact) mass is 355 g/mol. The van der Waals surface area contributed by atoms with Crippen molar-refractivity contribution >= 4 is 23.1 Å². The molecule has 1 fully saturated rings. The minimum atomic E-state index is 0.0923. The predicted molar refractivity (Wildman–Crippen MR) is 94.7 cm³/mol. The van der Waals surface area contributed by atoms with Crippen LogP contribution in [0.1, 0.15) is 16.2 Å². The first kappa shape index (κ1) is 15.8. The molecule has 7 nitrogen and oxygen atoms in total. The van der Waals surface area contributed by atoms with Crippen molar-refractivity contribution in [1.29, 1.82) is 0 Å². The first-order valence-corrected chi connectivity index (χ1v) is 8.98. The van der Waals surface area contributed by atoms with Crippen LogP contribution in [-0.4, -0.2) is 52.2 Å². The van der Waals surface area contributed by atoms with Crippen molar-refractivity contribution < 1.29 is 9.21 Å². The van der Waals surface area contributed by atoms with Gasteiger partial charge in [0, 0.05) is 44.7 Å². The predicted octanol–water partition coefficient (Wildman–Crippen LogP) is 2.46. The lowest BCUT2D eigenvalue weighted by atomic mass is 10.2. The third kappa shape index (κ3) is 3.12. The van der Waals surface area contributed by atoms with Gasteiger partial charge in [0.25, 0.3) is 11.8 Å². The first-order chi connectivity index (χ1) is 12.2. The van der Waals surface area contributed by atoms with Gasteiger partial charge >= 0.3 is 0 Å². The van der Waals surface area contributed by atoms with E-state index in [0.717, 1.165) is 16.9 Å². The van der Waals surface area contributed by atoms with Gasteiger partial charge in [-0.2, -0.15) is 11.3 Å². The Bertz CT molecular complexity index is 869. The van der Waals surface area contributed by atoms with Crippen molar-refractivity contribution in [1.82, 2.24) is 20.1 Å². The van der Waals surface area contributed by atoms with Crippen LogP contribution in [0.5, 0.6) is 0 Å². The smallest absolute Gasteiger partial charge is 0.254 e. The Kier molecular flexibility index (Phi) is 4.19. The van der Waals surface area contributed by atoms with Gasteiger partial charge in [-0.15, -0.1) is 10.2 Å². The van der Waals surface area contributed by atoms with Gasteiger partial charge in [0.2, 0.25) is 5.89 Å². The van der Waals surface area contributed by atoms with E-state index >= 15 is 0 Å². The molecule has 0 atom stereocenters. The molecule has 1 aliphatic rings. The summed E-state index contributed by atoms with van der Waals surface area (Å²) in [6.45, 7) is 4.52. The standard InChI is InChI=1S/C17H17N5O2S/c1-12-19-20-16(24-12)14-3-2-5-18-15(14)21-6-8-22(9-7-21)17(23)13-4-10-25-11-13/h2-5,10-11H,6-9H2,1H3. The lowest BCUT2D eigenvalue weighted by Crippen LogP contribution is -2.49. The molecule has 3 aromatic heterocycles. The SMILES string of the molecule is Cc1nnc(-c2cccnc2N2CCN(C(=O)c3ccsc3)CC2)o1. The number of carbonyl (C=O) groups is 1. The molecule has 0 aromatic carbocycles. The minimum Gasteiger partial charge on any atom is -0.421 e. The van der Waals surface area contributed by atoms with Gasteiger partial charge in [0.1, 0.15) is 5.82 Å². The average molecular weight is 355 g/mol. The van der Waals surface area contributed by atoms with Crippen LogP contribution in [0, 0.1) is 6.92 Å². The minimum absolute atomic E-state index is 0.0923. The highest BCUT2D eigenvalue weighted by atomic mass is 32.1. The molecule has 0 aliphatic carbocycles. The number of hydrogen-bond donors (Lipinski definition) is 0. The third-order valence-electron chi connectivity index (χ3n) is 4.18. The number of piperazine rings is 1. The molecule has 0 N–H and O–H groups in total. The van der Waals surface area contributed by atoms with E-state index in [-0.39, 0.29) is 5.91 Å². The Balaban J connectivity index is 1.51. The van der Waals surface area contributed by atoms with E-state index in [1.807, 2.05) is 33.9 Å². The molecule has 25 heavy (non-hydrogen) atoms. The summed E-state index contributed by atoms with van der Waals surface area (Å²) >= 11 is 1.54. The van der Waals surface area contributed by atoms with E-state index in [2.05, 4.69) is 20.1 Å². The zero-order valence-corrected chi connectivity index (χ0v) is 14.6. The Morgan fingerprint density at radius 2 is 2.04 bits per heavy atom. The van der Waals surface area contributed by atoms with Crippen molar-refractivity contribution in [3.05, 3.63) is 46.6 Å². The van der Waals surface area contributed by atoms with E-state index in [1.54, 1.807) is 13.1 Å². The Morgan fingerprint density at radius 1 is 1.20 bits per heavy atom. The maximum absolute atomic E-state index is 12.5. The summed E-state index contributed by atoms with van der Waals surface area (Å²) in [6, 6.07) is 5.65. The number of amides is 1. The molecule has 1 saturated heterocycles. The summed E-state index contributed by atoms with van der Waals surface area (Å²) in [6.07, 6.45) is 1.75. The number of carbonyl (C=O) groups excluding carboxylic acids is 1. The quantitative estimate of drug-likeness (QED) is 0.718. The van der Waals surface area contributed by atoms with Gasteiger partial charge in [0.15, 0.2) is 0 Å². The highest BCUT2D eigenvalue weighted by molar-refractivity contribution is 7.08. The van der Waals surface area contributed by atoms with Crippen LogP contribution in [-0.2, 0) is 0 Å². The Labute approximate surface area is 148 Å². The first-order valence-electron chi connectivity index (χ1n) is 8.04. The van der Waals surface area contributed by atoms with Crippen molar-refractivity contribution in [3.8, 4) is 11.5 Å². The van der Waals surface area contributed by atoms with Crippen molar-refractivity contribution in [2.24, 2.45) is 0 Å². The lowest BCUT2D eigenvalue weighted by Gasteiger charge is -2.35. The van der Waals surface area contributed by atoms with Gasteiger partial charge in [-0.3, -0.25) is 4.79 Å². The van der Waals surface area contributed by atoms with Crippen LogP contribution in [0.25, 0.3) is 11.5 Å². The molecule has 0 radical (unpaired) electrons. The number of pyridine rings is 1. The zero-order chi connectivity index (χ0) is 17.2. The highest BCUT2D eigenvalue weighted by Gasteiger charge is 2.25. The fourth-order valence-electron chi connectivity index (χ4n) is 2.91. The second-order valence-electron chi connectivity index (χ2n) is 5.79. The summed E-state index contributed by atoms with van der Waals surface area (Å²) in [5.41, 5.74) is 1.58. The molecule has 0 unspecified atom stereocenters. The molecule has 3 aromatic rings. The van der Waals surface area contributed by atoms with Crippen LogP contribution < -0.4 is 4.90 Å². The van der Waals surface area contributed by atoms with E-state index < -0.39 is 0 Å². The maximum Gasteiger partial charge on any atom is 0.254 e. The van der Waals surface area contributed by atoms with Gasteiger partial charge in [0.05, 0.1) is 11.1 Å². The molecular weight excluding hydrogens is 338 g/mol. The van der Waals surface area contributed by atoms with E-state index in [9.17, 15) is 4.79 Å². The Morgan fingerprint density at radius 3 is 2.72 bits per heavy atom. The van der Waals surface area contributed by atoms with E-state index in [1.165, 1.54) is 11.3 Å². The summed E-state index contributed by atoms with van der Waals surface area (Å²) < 4.78 is 5.56. The molecule has 4 heterocycles. The van der Waals surface area contributed by atoms with Crippen LogP contribution in [0.15, 0.2) is 39.6 Å². The molecule has 1 amide bonds. The molecule has 128 valence electrons. The molecule has 0 saturated carbocycles. The normalized spacial score (nSPS) is 14.8. The van der Waals surface area contributed by atoms with E-state index in [4.69, 9.17) is 4.42 Å². The van der Waals surface area contributed by atoms with Gasteiger partial charge < -0.3 is 14.2 Å². The maximum atomic E-state index is 12.5. The fourth-order valence-corrected chi connectivity index (χ4v) is 3.54. The zero-order valence-electron chi connectivity index (χ0n) is 13.8. The van der Waals surface area contributed by atoms with Crippen LogP contribution in [0.3, 0.4) is 0 Å². The second-order valence-corrected chi connectivity index (χ2v) is 6.57. The lowest BCUT2D eigenvalue weighted by molar-refractivity contribution is 0.0747. The molecule has 0 spiro atoms. The number of thiophene rings is 1. The number of anilines is 1. The van der Waals surface area contributed by atoms with Crippen LogP contribution >= 0.6 is 11.3 Å². The molecule has 8 heteroatoms. The summed E-state index contributed by atoms with van der Waals surface area (Å²) in [7, 11) is 0. The molecule has 0 bridgehead atoms. The topological polar surface area (TPSA) is 75.4 Å². The van der Waals surface area contributed by atoms with Gasteiger partial charge in [-0.25, -0.2) is 4.98 Å². The van der Waals surface area contributed by atoms with Crippen molar-refractivity contribution in [3.63, 3.8) is 0 Å². The number of aryl methyl sites for hydroxylation is 1.